The molecule has 0 aliphatic heterocycles. The third-order valence-electron chi connectivity index (χ3n) is 5.87. The number of aromatic nitrogens is 2. The molecule has 2 atom stereocenters. The second kappa shape index (κ2) is 8.50. The molecule has 0 saturated heterocycles. The Labute approximate surface area is 176 Å². The van der Waals surface area contributed by atoms with Crippen LogP contribution in [0.25, 0.3) is 16.0 Å². The van der Waals surface area contributed by atoms with Gasteiger partial charge in [-0.05, 0) is 42.5 Å². The van der Waals surface area contributed by atoms with Crippen LogP contribution in [-0.2, 0) is 6.42 Å². The van der Waals surface area contributed by atoms with Crippen LogP contribution in [0.4, 0.5) is 5.69 Å². The third kappa shape index (κ3) is 3.97. The van der Waals surface area contributed by atoms with E-state index in [4.69, 9.17) is 11.0 Å². The molecule has 3 aromatic rings. The molecule has 1 aromatic heterocycles. The van der Waals surface area contributed by atoms with Gasteiger partial charge >= 0.3 is 0 Å². The summed E-state index contributed by atoms with van der Waals surface area (Å²) in [6, 6.07) is 15.3. The fourth-order valence-electron chi connectivity index (χ4n) is 4.01. The minimum atomic E-state index is 0.0235. The number of aryl methyl sites for hydroxylation is 1. The normalized spacial score (nSPS) is 18.2. The molecule has 0 N–H and O–H groups in total. The lowest BCUT2D eigenvalue weighted by Gasteiger charge is -2.24. The number of rotatable bonds is 5. The SMILES string of the molecule is [C-]#[N+]c1ccc(-c2ccc(C(=O)N(C)[C@@H]3CC[C@H](c4nnc(CC)o4)C3)cc2)cc1. The summed E-state index contributed by atoms with van der Waals surface area (Å²) in [5.41, 5.74) is 3.34. The molecule has 0 spiro atoms. The van der Waals surface area contributed by atoms with Gasteiger partial charge in [-0.1, -0.05) is 43.3 Å². The van der Waals surface area contributed by atoms with E-state index in [0.29, 0.717) is 23.0 Å². The number of hydrogen-bond acceptors (Lipinski definition) is 4. The molecule has 6 nitrogen and oxygen atoms in total. The van der Waals surface area contributed by atoms with E-state index < -0.39 is 0 Å². The van der Waals surface area contributed by atoms with Crippen LogP contribution in [0, 0.1) is 6.57 Å². The Morgan fingerprint density at radius 1 is 1.10 bits per heavy atom. The van der Waals surface area contributed by atoms with Crippen LogP contribution in [-0.4, -0.2) is 34.1 Å². The minimum absolute atomic E-state index is 0.0235. The van der Waals surface area contributed by atoms with Crippen molar-refractivity contribution in [2.45, 2.75) is 44.6 Å². The molecule has 30 heavy (non-hydrogen) atoms. The largest absolute Gasteiger partial charge is 0.425 e. The molecular weight excluding hydrogens is 376 g/mol. The summed E-state index contributed by atoms with van der Waals surface area (Å²) in [5, 5.41) is 8.24. The van der Waals surface area contributed by atoms with Crippen LogP contribution in [0.2, 0.25) is 0 Å². The molecule has 1 heterocycles. The third-order valence-corrected chi connectivity index (χ3v) is 5.87. The molecule has 1 fully saturated rings. The minimum Gasteiger partial charge on any atom is -0.425 e. The number of nitrogens with zero attached hydrogens (tertiary/aromatic N) is 4. The topological polar surface area (TPSA) is 63.6 Å². The zero-order valence-electron chi connectivity index (χ0n) is 17.2. The van der Waals surface area contributed by atoms with Crippen LogP contribution >= 0.6 is 0 Å². The molecule has 1 amide bonds. The van der Waals surface area contributed by atoms with Gasteiger partial charge in [0.25, 0.3) is 5.91 Å². The van der Waals surface area contributed by atoms with E-state index >= 15 is 0 Å². The first-order valence-electron chi connectivity index (χ1n) is 10.3. The van der Waals surface area contributed by atoms with Crippen LogP contribution in [0.5, 0.6) is 0 Å². The highest BCUT2D eigenvalue weighted by atomic mass is 16.4. The summed E-state index contributed by atoms with van der Waals surface area (Å²) in [7, 11) is 1.87. The number of benzene rings is 2. The molecule has 1 saturated carbocycles. The van der Waals surface area contributed by atoms with Crippen LogP contribution < -0.4 is 0 Å². The molecule has 152 valence electrons. The second-order valence-corrected chi connectivity index (χ2v) is 7.70. The quantitative estimate of drug-likeness (QED) is 0.548. The maximum atomic E-state index is 13.0. The van der Waals surface area contributed by atoms with Crippen molar-refractivity contribution in [3.63, 3.8) is 0 Å². The Bertz CT molecular complexity index is 1060. The molecule has 4 rings (SSSR count). The van der Waals surface area contributed by atoms with Gasteiger partial charge in [-0.15, -0.1) is 10.2 Å². The zero-order valence-corrected chi connectivity index (χ0v) is 17.2. The summed E-state index contributed by atoms with van der Waals surface area (Å²) < 4.78 is 5.72. The lowest BCUT2D eigenvalue weighted by atomic mass is 10.0. The average Bonchev–Trinajstić information content (AvgIpc) is 3.48. The van der Waals surface area contributed by atoms with Gasteiger partial charge < -0.3 is 9.32 Å². The summed E-state index contributed by atoms with van der Waals surface area (Å²) in [5.74, 6) is 1.61. The van der Waals surface area contributed by atoms with Crippen LogP contribution in [0.1, 0.15) is 54.2 Å². The van der Waals surface area contributed by atoms with Gasteiger partial charge in [0, 0.05) is 31.0 Å². The maximum absolute atomic E-state index is 13.0. The molecule has 2 aromatic carbocycles. The molecule has 1 aliphatic rings. The Morgan fingerprint density at radius 2 is 1.77 bits per heavy atom. The monoisotopic (exact) mass is 400 g/mol. The van der Waals surface area contributed by atoms with Crippen molar-refractivity contribution < 1.29 is 9.21 Å². The van der Waals surface area contributed by atoms with Gasteiger partial charge in [-0.2, -0.15) is 0 Å². The average molecular weight is 400 g/mol. The van der Waals surface area contributed by atoms with Gasteiger partial charge in [-0.3, -0.25) is 4.79 Å². The van der Waals surface area contributed by atoms with Crippen molar-refractivity contribution in [1.29, 1.82) is 0 Å². The molecule has 1 aliphatic carbocycles. The summed E-state index contributed by atoms with van der Waals surface area (Å²) in [6.45, 7) is 9.04. The highest BCUT2D eigenvalue weighted by Gasteiger charge is 2.33. The first kappa shape index (κ1) is 19.8. The molecule has 0 radical (unpaired) electrons. The van der Waals surface area contributed by atoms with E-state index in [1.165, 1.54) is 0 Å². The molecule has 0 bridgehead atoms. The first-order chi connectivity index (χ1) is 14.6. The van der Waals surface area contributed by atoms with Crippen molar-refractivity contribution >= 4 is 11.6 Å². The van der Waals surface area contributed by atoms with Crippen LogP contribution in [0.3, 0.4) is 0 Å². The van der Waals surface area contributed by atoms with E-state index in [9.17, 15) is 4.79 Å². The molecular formula is C24H24N4O2. The van der Waals surface area contributed by atoms with Crippen LogP contribution in [0.15, 0.2) is 52.9 Å². The Balaban J connectivity index is 1.41. The van der Waals surface area contributed by atoms with Crippen molar-refractivity contribution in [3.8, 4) is 11.1 Å². The standard InChI is InChI=1S/C24H24N4O2/c1-4-22-26-27-23(30-22)19-11-14-21(15-19)28(3)24(29)18-7-5-16(6-8-18)17-9-12-20(25-2)13-10-17/h5-10,12-13,19,21H,4,11,14-15H2,1,3H3/t19-,21+/m0/s1. The number of carbonyl (C=O) groups excluding carboxylic acids is 1. The predicted octanol–water partition coefficient (Wildman–Crippen LogP) is 5.26. The number of carbonyl (C=O) groups is 1. The molecule has 6 heteroatoms. The Kier molecular flexibility index (Phi) is 5.62. The second-order valence-electron chi connectivity index (χ2n) is 7.70. The Hall–Kier alpha value is -3.46. The first-order valence-corrected chi connectivity index (χ1v) is 10.3. The maximum Gasteiger partial charge on any atom is 0.253 e. The van der Waals surface area contributed by atoms with Gasteiger partial charge in [0.05, 0.1) is 6.57 Å². The molecule has 0 unspecified atom stereocenters. The highest BCUT2D eigenvalue weighted by Crippen LogP contribution is 2.36. The van der Waals surface area contributed by atoms with Crippen molar-refractivity contribution in [2.75, 3.05) is 7.05 Å². The Morgan fingerprint density at radius 3 is 2.37 bits per heavy atom. The summed E-state index contributed by atoms with van der Waals surface area (Å²) in [4.78, 5) is 18.3. The summed E-state index contributed by atoms with van der Waals surface area (Å²) in [6.07, 6.45) is 3.47. The number of amides is 1. The van der Waals surface area contributed by atoms with E-state index in [0.717, 1.165) is 36.8 Å². The van der Waals surface area contributed by atoms with Crippen molar-refractivity contribution in [1.82, 2.24) is 15.1 Å². The van der Waals surface area contributed by atoms with E-state index in [1.807, 2.05) is 55.3 Å². The smallest absolute Gasteiger partial charge is 0.253 e. The number of hydrogen-bond donors (Lipinski definition) is 0. The van der Waals surface area contributed by atoms with Gasteiger partial charge in [0.1, 0.15) is 0 Å². The van der Waals surface area contributed by atoms with Crippen molar-refractivity contribution in [3.05, 3.63) is 77.3 Å². The zero-order chi connectivity index (χ0) is 21.1. The predicted molar refractivity (Wildman–Crippen MR) is 114 cm³/mol. The fraction of sp³-hybridized carbons (Fsp3) is 0.333. The lowest BCUT2D eigenvalue weighted by molar-refractivity contribution is 0.0733. The fourth-order valence-corrected chi connectivity index (χ4v) is 4.01. The van der Waals surface area contributed by atoms with E-state index in [1.54, 1.807) is 12.1 Å². The highest BCUT2D eigenvalue weighted by molar-refractivity contribution is 5.94. The van der Waals surface area contributed by atoms with Gasteiger partial charge in [0.2, 0.25) is 11.8 Å². The van der Waals surface area contributed by atoms with Gasteiger partial charge in [-0.25, -0.2) is 4.85 Å². The van der Waals surface area contributed by atoms with Gasteiger partial charge in [0.15, 0.2) is 5.69 Å². The lowest BCUT2D eigenvalue weighted by Crippen LogP contribution is -2.35. The van der Waals surface area contributed by atoms with E-state index in [2.05, 4.69) is 15.0 Å². The van der Waals surface area contributed by atoms with Crippen molar-refractivity contribution in [2.24, 2.45) is 0 Å². The van der Waals surface area contributed by atoms with E-state index in [-0.39, 0.29) is 17.9 Å². The summed E-state index contributed by atoms with van der Waals surface area (Å²) >= 11 is 0.